The van der Waals surface area contributed by atoms with Gasteiger partial charge < -0.3 is 0 Å². The molecule has 2 amide bonds. The predicted octanol–water partition coefficient (Wildman–Crippen LogP) is 1.96. The molecular formula is C13H19NO2. The Hall–Kier alpha value is -1.30. The summed E-state index contributed by atoms with van der Waals surface area (Å²) in [6.45, 7) is 5.76. The Morgan fingerprint density at radius 2 is 2.00 bits per heavy atom. The van der Waals surface area contributed by atoms with Crippen LogP contribution in [-0.4, -0.2) is 22.8 Å². The lowest BCUT2D eigenvalue weighted by Crippen LogP contribution is -2.40. The van der Waals surface area contributed by atoms with E-state index in [1.54, 1.807) is 0 Å². The number of imide groups is 1. The van der Waals surface area contributed by atoms with E-state index in [0.29, 0.717) is 25.7 Å². The van der Waals surface area contributed by atoms with E-state index in [-0.39, 0.29) is 17.9 Å². The van der Waals surface area contributed by atoms with Crippen LogP contribution in [0.1, 0.15) is 46.5 Å². The number of rotatable bonds is 4. The average molecular weight is 221 g/mol. The predicted molar refractivity (Wildman–Crippen MR) is 62.4 cm³/mol. The monoisotopic (exact) mass is 221 g/mol. The molecule has 0 aliphatic carbocycles. The highest BCUT2D eigenvalue weighted by atomic mass is 16.2. The van der Waals surface area contributed by atoms with Crippen LogP contribution in [0.25, 0.3) is 0 Å². The van der Waals surface area contributed by atoms with Gasteiger partial charge in [0.2, 0.25) is 11.8 Å². The number of likely N-dealkylation sites (tertiary alicyclic amines) is 1. The molecule has 16 heavy (non-hydrogen) atoms. The zero-order valence-corrected chi connectivity index (χ0v) is 10.2. The Labute approximate surface area is 97.2 Å². The van der Waals surface area contributed by atoms with Gasteiger partial charge in [0.1, 0.15) is 0 Å². The second-order valence-corrected chi connectivity index (χ2v) is 4.49. The van der Waals surface area contributed by atoms with E-state index in [0.717, 1.165) is 0 Å². The third-order valence-electron chi connectivity index (χ3n) is 3.64. The van der Waals surface area contributed by atoms with Crippen molar-refractivity contribution in [2.45, 2.75) is 52.5 Å². The third kappa shape index (κ3) is 1.84. The molecule has 1 saturated heterocycles. The molecule has 1 rings (SSSR count). The van der Waals surface area contributed by atoms with E-state index in [9.17, 15) is 9.59 Å². The second-order valence-electron chi connectivity index (χ2n) is 4.49. The van der Waals surface area contributed by atoms with Crippen LogP contribution in [0.15, 0.2) is 0 Å². The molecule has 0 spiro atoms. The van der Waals surface area contributed by atoms with Gasteiger partial charge in [0.25, 0.3) is 0 Å². The van der Waals surface area contributed by atoms with Crippen molar-refractivity contribution in [3.05, 3.63) is 0 Å². The Morgan fingerprint density at radius 3 is 2.38 bits per heavy atom. The topological polar surface area (TPSA) is 37.4 Å². The Morgan fingerprint density at radius 1 is 1.44 bits per heavy atom. The standard InChI is InChI=1S/C13H19NO2/c1-5-8-10(4)14-11(15)9-13(6-2,7-3)12(14)16/h1,10H,6-9H2,2-4H3. The second kappa shape index (κ2) is 4.69. The van der Waals surface area contributed by atoms with Crippen molar-refractivity contribution in [1.82, 2.24) is 4.90 Å². The van der Waals surface area contributed by atoms with Gasteiger partial charge in [-0.05, 0) is 19.8 Å². The van der Waals surface area contributed by atoms with E-state index >= 15 is 0 Å². The summed E-state index contributed by atoms with van der Waals surface area (Å²) in [5.41, 5.74) is -0.472. The molecule has 0 saturated carbocycles. The van der Waals surface area contributed by atoms with Gasteiger partial charge in [-0.2, -0.15) is 0 Å². The summed E-state index contributed by atoms with van der Waals surface area (Å²) in [5.74, 6) is 2.39. The fourth-order valence-electron chi connectivity index (χ4n) is 2.33. The summed E-state index contributed by atoms with van der Waals surface area (Å²) in [6.07, 6.45) is 7.43. The van der Waals surface area contributed by atoms with Crippen molar-refractivity contribution >= 4 is 11.8 Å². The average Bonchev–Trinajstić information content (AvgIpc) is 2.51. The molecule has 0 aromatic rings. The van der Waals surface area contributed by atoms with Crippen molar-refractivity contribution in [3.63, 3.8) is 0 Å². The molecule has 1 unspecified atom stereocenters. The van der Waals surface area contributed by atoms with Crippen LogP contribution < -0.4 is 0 Å². The highest BCUT2D eigenvalue weighted by Crippen LogP contribution is 2.40. The maximum absolute atomic E-state index is 12.3. The van der Waals surface area contributed by atoms with Gasteiger partial charge in [0.15, 0.2) is 0 Å². The molecule has 88 valence electrons. The molecule has 1 aliphatic rings. The van der Waals surface area contributed by atoms with Gasteiger partial charge in [-0.3, -0.25) is 14.5 Å². The first-order valence-electron chi connectivity index (χ1n) is 5.82. The maximum Gasteiger partial charge on any atom is 0.236 e. The number of terminal acetylenes is 1. The molecule has 1 atom stereocenters. The SMILES string of the molecule is C#CCC(C)N1C(=O)CC(CC)(CC)C1=O. The van der Waals surface area contributed by atoms with E-state index < -0.39 is 5.41 Å². The lowest BCUT2D eigenvalue weighted by Gasteiger charge is -2.26. The summed E-state index contributed by atoms with van der Waals surface area (Å²) in [6, 6.07) is -0.176. The first kappa shape index (κ1) is 12.8. The van der Waals surface area contributed by atoms with Crippen LogP contribution in [0.3, 0.4) is 0 Å². The summed E-state index contributed by atoms with van der Waals surface area (Å²) in [5, 5.41) is 0. The van der Waals surface area contributed by atoms with E-state index in [1.165, 1.54) is 4.90 Å². The van der Waals surface area contributed by atoms with Crippen molar-refractivity contribution in [2.75, 3.05) is 0 Å². The minimum Gasteiger partial charge on any atom is -0.278 e. The molecular weight excluding hydrogens is 202 g/mol. The van der Waals surface area contributed by atoms with Crippen LogP contribution >= 0.6 is 0 Å². The third-order valence-corrected chi connectivity index (χ3v) is 3.64. The lowest BCUT2D eigenvalue weighted by molar-refractivity contribution is -0.143. The Balaban J connectivity index is 2.95. The van der Waals surface area contributed by atoms with Crippen LogP contribution in [0, 0.1) is 17.8 Å². The van der Waals surface area contributed by atoms with Gasteiger partial charge in [0, 0.05) is 18.9 Å². The molecule has 0 radical (unpaired) electrons. The van der Waals surface area contributed by atoms with Gasteiger partial charge in [-0.15, -0.1) is 12.3 Å². The lowest BCUT2D eigenvalue weighted by atomic mass is 9.81. The van der Waals surface area contributed by atoms with Crippen LogP contribution in [0.4, 0.5) is 0 Å². The summed E-state index contributed by atoms with van der Waals surface area (Å²) < 4.78 is 0. The first-order chi connectivity index (χ1) is 7.52. The zero-order valence-electron chi connectivity index (χ0n) is 10.2. The molecule has 0 bridgehead atoms. The smallest absolute Gasteiger partial charge is 0.236 e. The highest BCUT2D eigenvalue weighted by Gasteiger charge is 2.50. The van der Waals surface area contributed by atoms with Crippen molar-refractivity contribution < 1.29 is 9.59 Å². The van der Waals surface area contributed by atoms with Crippen LogP contribution in [-0.2, 0) is 9.59 Å². The van der Waals surface area contributed by atoms with Crippen molar-refractivity contribution in [3.8, 4) is 12.3 Å². The van der Waals surface area contributed by atoms with Gasteiger partial charge in [-0.1, -0.05) is 13.8 Å². The van der Waals surface area contributed by atoms with E-state index in [4.69, 9.17) is 6.42 Å². The Kier molecular flexibility index (Phi) is 3.74. The number of carbonyl (C=O) groups excluding carboxylic acids is 2. The normalized spacial score (nSPS) is 21.0. The highest BCUT2D eigenvalue weighted by molar-refractivity contribution is 6.06. The molecule has 0 aromatic heterocycles. The number of nitrogens with zero attached hydrogens (tertiary/aromatic N) is 1. The first-order valence-corrected chi connectivity index (χ1v) is 5.82. The number of carbonyl (C=O) groups is 2. The molecule has 0 N–H and O–H groups in total. The van der Waals surface area contributed by atoms with Crippen LogP contribution in [0.2, 0.25) is 0 Å². The maximum atomic E-state index is 12.3. The zero-order chi connectivity index (χ0) is 12.3. The minimum atomic E-state index is -0.472. The molecule has 1 aliphatic heterocycles. The number of hydrogen-bond donors (Lipinski definition) is 0. The van der Waals surface area contributed by atoms with Gasteiger partial charge >= 0.3 is 0 Å². The fourth-order valence-corrected chi connectivity index (χ4v) is 2.33. The summed E-state index contributed by atoms with van der Waals surface area (Å²) in [7, 11) is 0. The van der Waals surface area contributed by atoms with Crippen molar-refractivity contribution in [1.29, 1.82) is 0 Å². The molecule has 3 heteroatoms. The molecule has 1 heterocycles. The van der Waals surface area contributed by atoms with E-state index in [2.05, 4.69) is 5.92 Å². The summed E-state index contributed by atoms with van der Waals surface area (Å²) >= 11 is 0. The van der Waals surface area contributed by atoms with Gasteiger partial charge in [-0.25, -0.2) is 0 Å². The van der Waals surface area contributed by atoms with Crippen molar-refractivity contribution in [2.24, 2.45) is 5.41 Å². The Bertz CT molecular complexity index is 336. The molecule has 1 fully saturated rings. The largest absolute Gasteiger partial charge is 0.278 e. The summed E-state index contributed by atoms with van der Waals surface area (Å²) in [4.78, 5) is 25.5. The fraction of sp³-hybridized carbons (Fsp3) is 0.692. The minimum absolute atomic E-state index is 0.0368. The molecule has 0 aromatic carbocycles. The van der Waals surface area contributed by atoms with E-state index in [1.807, 2.05) is 20.8 Å². The quantitative estimate of drug-likeness (QED) is 0.537. The van der Waals surface area contributed by atoms with Gasteiger partial charge in [0.05, 0.1) is 5.41 Å². The van der Waals surface area contributed by atoms with Crippen LogP contribution in [0.5, 0.6) is 0 Å². The number of hydrogen-bond acceptors (Lipinski definition) is 2. The molecule has 3 nitrogen and oxygen atoms in total. The number of amides is 2.